The number of halogens is 6. The number of alkyl halides is 6. The van der Waals surface area contributed by atoms with Crippen molar-refractivity contribution in [2.24, 2.45) is 7.05 Å². The molecule has 0 aliphatic carbocycles. The minimum Gasteiger partial charge on any atom is -0.294 e. The van der Waals surface area contributed by atoms with Crippen LogP contribution in [0, 0.1) is 0 Å². The first kappa shape index (κ1) is 20.2. The van der Waals surface area contributed by atoms with E-state index in [1.807, 2.05) is 0 Å². The van der Waals surface area contributed by atoms with Gasteiger partial charge in [-0.15, -0.1) is 22.0 Å². The second-order valence-electron chi connectivity index (χ2n) is 5.55. The lowest BCUT2D eigenvalue weighted by Crippen LogP contribution is -2.08. The highest BCUT2D eigenvalue weighted by molar-refractivity contribution is 7.99. The summed E-state index contributed by atoms with van der Waals surface area (Å²) in [6.07, 6.45) is -6.81. The van der Waals surface area contributed by atoms with Gasteiger partial charge in [0.25, 0.3) is 0 Å². The lowest BCUT2D eigenvalue weighted by atomic mass is 10.2. The molecule has 0 amide bonds. The molecule has 0 fully saturated rings. The molecule has 0 bridgehead atoms. The van der Waals surface area contributed by atoms with Crippen LogP contribution in [0.1, 0.15) is 18.2 Å². The Morgan fingerprint density at radius 3 is 2.32 bits per heavy atom. The fourth-order valence-corrected chi connectivity index (χ4v) is 3.17. The van der Waals surface area contributed by atoms with Gasteiger partial charge in [-0.1, -0.05) is 6.92 Å². The van der Waals surface area contributed by atoms with Crippen LogP contribution >= 0.6 is 11.8 Å². The molecule has 0 saturated heterocycles. The first-order valence-electron chi connectivity index (χ1n) is 7.73. The Balaban J connectivity index is 2.05. The number of rotatable bonds is 4. The van der Waals surface area contributed by atoms with Gasteiger partial charge in [0.1, 0.15) is 12.0 Å². The van der Waals surface area contributed by atoms with Crippen LogP contribution in [-0.2, 0) is 19.4 Å². The van der Waals surface area contributed by atoms with Gasteiger partial charge < -0.3 is 0 Å². The zero-order chi connectivity index (χ0) is 20.7. The molecule has 3 heterocycles. The van der Waals surface area contributed by atoms with Gasteiger partial charge in [0.2, 0.25) is 5.95 Å². The van der Waals surface area contributed by atoms with Crippen molar-refractivity contribution < 1.29 is 26.3 Å². The van der Waals surface area contributed by atoms with E-state index in [-0.39, 0.29) is 22.4 Å². The van der Waals surface area contributed by atoms with E-state index in [9.17, 15) is 26.3 Å². The zero-order valence-electron chi connectivity index (χ0n) is 14.4. The van der Waals surface area contributed by atoms with E-state index in [0.717, 1.165) is 34.9 Å². The topological polar surface area (TPSA) is 61.4 Å². The van der Waals surface area contributed by atoms with Crippen LogP contribution in [-0.4, -0.2) is 35.1 Å². The summed E-state index contributed by atoms with van der Waals surface area (Å²) in [7, 11) is 1.47. The highest BCUT2D eigenvalue weighted by atomic mass is 32.2. The van der Waals surface area contributed by atoms with E-state index >= 15 is 0 Å². The van der Waals surface area contributed by atoms with Gasteiger partial charge in [0.05, 0.1) is 5.56 Å². The standard InChI is InChI=1S/C15H12F6N6S/c1-3-28-9-4-8(14(16,17)18)5-22-11(9)12-24-25-13(26(12)2)27-6-10(23-7-27)15(19,20)21/h4-7H,3H2,1-2H3. The van der Waals surface area contributed by atoms with Crippen LogP contribution in [0.3, 0.4) is 0 Å². The summed E-state index contributed by atoms with van der Waals surface area (Å²) in [5.74, 6) is 0.603. The third kappa shape index (κ3) is 3.84. The molecule has 0 radical (unpaired) electrons. The highest BCUT2D eigenvalue weighted by Gasteiger charge is 2.34. The summed E-state index contributed by atoms with van der Waals surface area (Å²) >= 11 is 1.14. The van der Waals surface area contributed by atoms with Crippen LogP contribution in [0.2, 0.25) is 0 Å². The molecule has 0 spiro atoms. The monoisotopic (exact) mass is 422 g/mol. The van der Waals surface area contributed by atoms with Crippen molar-refractivity contribution >= 4 is 11.8 Å². The minimum absolute atomic E-state index is 0.00662. The summed E-state index contributed by atoms with van der Waals surface area (Å²) in [5.41, 5.74) is -1.86. The first-order valence-corrected chi connectivity index (χ1v) is 8.72. The molecule has 0 atom stereocenters. The maximum atomic E-state index is 13.0. The van der Waals surface area contributed by atoms with Gasteiger partial charge in [-0.25, -0.2) is 4.98 Å². The molecular weight excluding hydrogens is 410 g/mol. The summed E-state index contributed by atoms with van der Waals surface area (Å²) in [5, 5.41) is 7.72. The molecule has 3 aromatic heterocycles. The van der Waals surface area contributed by atoms with Gasteiger partial charge in [-0.05, 0) is 11.8 Å². The molecule has 0 unspecified atom stereocenters. The number of imidazole rings is 1. The Morgan fingerprint density at radius 1 is 1.04 bits per heavy atom. The average molecular weight is 422 g/mol. The highest BCUT2D eigenvalue weighted by Crippen LogP contribution is 2.36. The van der Waals surface area contributed by atoms with E-state index in [4.69, 9.17) is 0 Å². The third-order valence-corrected chi connectivity index (χ3v) is 4.56. The number of hydrogen-bond acceptors (Lipinski definition) is 5. The number of hydrogen-bond donors (Lipinski definition) is 0. The average Bonchev–Trinajstić information content (AvgIpc) is 3.21. The van der Waals surface area contributed by atoms with Gasteiger partial charge in [-0.2, -0.15) is 26.3 Å². The van der Waals surface area contributed by atoms with Crippen LogP contribution < -0.4 is 0 Å². The second-order valence-corrected chi connectivity index (χ2v) is 6.85. The Hall–Kier alpha value is -2.57. The molecule has 0 aliphatic heterocycles. The molecule has 3 rings (SSSR count). The molecular formula is C15H12F6N6S. The first-order chi connectivity index (χ1) is 13.0. The van der Waals surface area contributed by atoms with Crippen LogP contribution in [0.5, 0.6) is 0 Å². The van der Waals surface area contributed by atoms with Crippen molar-refractivity contribution in [3.8, 4) is 17.5 Å². The summed E-state index contributed by atoms with van der Waals surface area (Å²) in [4.78, 5) is 7.40. The molecule has 0 aliphatic rings. The van der Waals surface area contributed by atoms with Crippen LogP contribution in [0.25, 0.3) is 17.5 Å². The molecule has 150 valence electrons. The van der Waals surface area contributed by atoms with Gasteiger partial charge in [0, 0.05) is 24.3 Å². The van der Waals surface area contributed by atoms with Crippen molar-refractivity contribution in [1.29, 1.82) is 0 Å². The van der Waals surface area contributed by atoms with E-state index in [0.29, 0.717) is 11.9 Å². The lowest BCUT2D eigenvalue weighted by molar-refractivity contribution is -0.141. The molecule has 28 heavy (non-hydrogen) atoms. The van der Waals surface area contributed by atoms with E-state index in [1.54, 1.807) is 6.92 Å². The van der Waals surface area contributed by atoms with Crippen LogP contribution in [0.4, 0.5) is 26.3 Å². The van der Waals surface area contributed by atoms with Gasteiger partial charge in [-0.3, -0.25) is 14.1 Å². The van der Waals surface area contributed by atoms with Gasteiger partial charge >= 0.3 is 12.4 Å². The summed E-state index contributed by atoms with van der Waals surface area (Å²) in [6, 6.07) is 0.962. The predicted octanol–water partition coefficient (Wildman–Crippen LogP) is 4.21. The zero-order valence-corrected chi connectivity index (χ0v) is 15.2. The van der Waals surface area contributed by atoms with Gasteiger partial charge in [0.15, 0.2) is 11.5 Å². The minimum atomic E-state index is -4.62. The van der Waals surface area contributed by atoms with Crippen molar-refractivity contribution in [3.63, 3.8) is 0 Å². The Bertz CT molecular complexity index is 990. The number of aromatic nitrogens is 6. The maximum absolute atomic E-state index is 13.0. The number of nitrogens with zero attached hydrogens (tertiary/aromatic N) is 6. The largest absolute Gasteiger partial charge is 0.434 e. The van der Waals surface area contributed by atoms with E-state index in [2.05, 4.69) is 20.2 Å². The van der Waals surface area contributed by atoms with Crippen molar-refractivity contribution in [2.75, 3.05) is 5.75 Å². The molecule has 0 saturated carbocycles. The summed E-state index contributed by atoms with van der Waals surface area (Å²) < 4.78 is 79.4. The Morgan fingerprint density at radius 2 is 1.75 bits per heavy atom. The molecule has 0 N–H and O–H groups in total. The molecule has 13 heteroatoms. The fourth-order valence-electron chi connectivity index (χ4n) is 2.36. The SMILES string of the molecule is CCSc1cc(C(F)(F)F)cnc1-c1nnc(-n2cnc(C(F)(F)F)c2)n1C. The van der Waals surface area contributed by atoms with E-state index < -0.39 is 23.6 Å². The Kier molecular flexibility index (Phi) is 5.12. The second kappa shape index (κ2) is 7.11. The maximum Gasteiger partial charge on any atom is 0.434 e. The Labute approximate surface area is 158 Å². The van der Waals surface area contributed by atoms with Crippen molar-refractivity contribution in [3.05, 3.63) is 36.0 Å². The normalized spacial score (nSPS) is 12.6. The molecule has 3 aromatic rings. The van der Waals surface area contributed by atoms with E-state index in [1.165, 1.54) is 11.6 Å². The van der Waals surface area contributed by atoms with Crippen molar-refractivity contribution in [2.45, 2.75) is 24.2 Å². The molecule has 6 nitrogen and oxygen atoms in total. The third-order valence-electron chi connectivity index (χ3n) is 3.65. The number of pyridine rings is 1. The summed E-state index contributed by atoms with van der Waals surface area (Å²) in [6.45, 7) is 1.76. The predicted molar refractivity (Wildman–Crippen MR) is 87.8 cm³/mol. The fraction of sp³-hybridized carbons (Fsp3) is 0.333. The quantitative estimate of drug-likeness (QED) is 0.466. The lowest BCUT2D eigenvalue weighted by Gasteiger charge is -2.12. The smallest absolute Gasteiger partial charge is 0.294 e. The van der Waals surface area contributed by atoms with Crippen LogP contribution in [0.15, 0.2) is 29.7 Å². The van der Waals surface area contributed by atoms with Crippen molar-refractivity contribution in [1.82, 2.24) is 29.3 Å². The number of thioether (sulfide) groups is 1. The molecule has 0 aromatic carbocycles.